The molecule has 1 aromatic carbocycles. The minimum Gasteiger partial charge on any atom is -0.377 e. The number of hydrogen-bond donors (Lipinski definition) is 1. The lowest BCUT2D eigenvalue weighted by Crippen LogP contribution is -2.00. The molecule has 16 heavy (non-hydrogen) atoms. The average Bonchev–Trinajstić information content (AvgIpc) is 2.63. The Hall–Kier alpha value is -0.840. The number of halogens is 3. The Morgan fingerprint density at radius 1 is 1.38 bits per heavy atom. The van der Waals surface area contributed by atoms with Gasteiger partial charge in [-0.3, -0.25) is 0 Å². The van der Waals surface area contributed by atoms with Crippen LogP contribution in [-0.4, -0.2) is 4.98 Å². The van der Waals surface area contributed by atoms with Crippen molar-refractivity contribution in [2.45, 2.75) is 6.54 Å². The third kappa shape index (κ3) is 2.64. The number of para-hydroxylation sites is 1. The molecule has 6 heteroatoms. The monoisotopic (exact) mass is 276 g/mol. The van der Waals surface area contributed by atoms with Gasteiger partial charge < -0.3 is 5.32 Å². The van der Waals surface area contributed by atoms with E-state index in [0.29, 0.717) is 21.7 Å². The summed E-state index contributed by atoms with van der Waals surface area (Å²) in [6.45, 7) is 0.449. The van der Waals surface area contributed by atoms with Crippen LogP contribution in [0.25, 0.3) is 0 Å². The quantitative estimate of drug-likeness (QED) is 0.909. The summed E-state index contributed by atoms with van der Waals surface area (Å²) in [7, 11) is 0. The van der Waals surface area contributed by atoms with Crippen molar-refractivity contribution in [1.82, 2.24) is 4.98 Å². The minimum absolute atomic E-state index is 0.300. The van der Waals surface area contributed by atoms with Crippen LogP contribution in [0, 0.1) is 5.82 Å². The Kier molecular flexibility index (Phi) is 3.63. The number of benzene rings is 1. The number of thiazole rings is 1. The van der Waals surface area contributed by atoms with E-state index in [2.05, 4.69) is 10.3 Å². The van der Waals surface area contributed by atoms with E-state index in [1.54, 1.807) is 18.3 Å². The molecule has 0 fully saturated rings. The molecule has 0 saturated heterocycles. The first-order chi connectivity index (χ1) is 7.66. The fourth-order valence-electron chi connectivity index (χ4n) is 1.21. The Morgan fingerprint density at radius 3 is 2.81 bits per heavy atom. The fourth-order valence-corrected chi connectivity index (χ4v) is 2.35. The van der Waals surface area contributed by atoms with Crippen molar-refractivity contribution in [1.29, 1.82) is 0 Å². The second-order valence-corrected chi connectivity index (χ2v) is 5.13. The molecule has 84 valence electrons. The van der Waals surface area contributed by atoms with E-state index in [0.717, 1.165) is 4.88 Å². The van der Waals surface area contributed by atoms with Gasteiger partial charge in [0.1, 0.15) is 5.82 Å². The minimum atomic E-state index is -0.372. The van der Waals surface area contributed by atoms with E-state index >= 15 is 0 Å². The Balaban J connectivity index is 2.10. The second-order valence-electron chi connectivity index (χ2n) is 3.03. The maximum absolute atomic E-state index is 13.4. The number of nitrogens with zero attached hydrogens (tertiary/aromatic N) is 1. The maximum Gasteiger partial charge on any atom is 0.183 e. The van der Waals surface area contributed by atoms with E-state index in [1.807, 2.05) is 0 Å². The van der Waals surface area contributed by atoms with Crippen LogP contribution in [0.15, 0.2) is 24.4 Å². The molecule has 2 nitrogen and oxygen atoms in total. The van der Waals surface area contributed by atoms with Gasteiger partial charge in [0, 0.05) is 11.1 Å². The number of hydrogen-bond acceptors (Lipinski definition) is 3. The standard InChI is InChI=1S/C10H7Cl2FN2S/c11-7-2-1-3-8(13)9(7)14-4-6-5-15-10(12)16-6/h1-3,5,14H,4H2. The van der Waals surface area contributed by atoms with Gasteiger partial charge in [-0.15, -0.1) is 11.3 Å². The van der Waals surface area contributed by atoms with Gasteiger partial charge in [0.15, 0.2) is 4.47 Å². The molecule has 1 aromatic heterocycles. The Morgan fingerprint density at radius 2 is 2.19 bits per heavy atom. The summed E-state index contributed by atoms with van der Waals surface area (Å²) in [4.78, 5) is 4.81. The summed E-state index contributed by atoms with van der Waals surface area (Å²) in [5, 5.41) is 3.27. The van der Waals surface area contributed by atoms with Crippen LogP contribution in [0.1, 0.15) is 4.88 Å². The molecule has 0 saturated carbocycles. The fraction of sp³-hybridized carbons (Fsp3) is 0.100. The lowest BCUT2D eigenvalue weighted by Gasteiger charge is -2.07. The van der Waals surface area contributed by atoms with Gasteiger partial charge in [0.25, 0.3) is 0 Å². The van der Waals surface area contributed by atoms with Crippen LogP contribution in [0.2, 0.25) is 9.49 Å². The molecule has 0 amide bonds. The molecular formula is C10H7Cl2FN2S. The number of rotatable bonds is 3. The van der Waals surface area contributed by atoms with Gasteiger partial charge >= 0.3 is 0 Å². The lowest BCUT2D eigenvalue weighted by molar-refractivity contribution is 0.630. The zero-order valence-electron chi connectivity index (χ0n) is 8.01. The predicted octanol–water partition coefficient (Wildman–Crippen LogP) is 4.20. The molecule has 2 aromatic rings. The van der Waals surface area contributed by atoms with Gasteiger partial charge in [0.2, 0.25) is 0 Å². The highest BCUT2D eigenvalue weighted by Crippen LogP contribution is 2.26. The topological polar surface area (TPSA) is 24.9 Å². The van der Waals surface area contributed by atoms with Crippen molar-refractivity contribution < 1.29 is 4.39 Å². The number of aromatic nitrogens is 1. The Labute approximate surface area is 106 Å². The SMILES string of the molecule is Fc1cccc(Cl)c1NCc1cnc(Cl)s1. The van der Waals surface area contributed by atoms with Crippen molar-refractivity contribution in [2.75, 3.05) is 5.32 Å². The van der Waals surface area contributed by atoms with Gasteiger partial charge in [-0.25, -0.2) is 9.37 Å². The highest BCUT2D eigenvalue weighted by atomic mass is 35.5. The van der Waals surface area contributed by atoms with Gasteiger partial charge in [-0.2, -0.15) is 0 Å². The summed E-state index contributed by atoms with van der Waals surface area (Å²) in [5.41, 5.74) is 0.300. The smallest absolute Gasteiger partial charge is 0.183 e. The first-order valence-electron chi connectivity index (χ1n) is 4.45. The molecule has 0 spiro atoms. The van der Waals surface area contributed by atoms with Gasteiger partial charge in [-0.05, 0) is 12.1 Å². The van der Waals surface area contributed by atoms with E-state index in [-0.39, 0.29) is 5.82 Å². The third-order valence-corrected chi connectivity index (χ3v) is 3.36. The van der Waals surface area contributed by atoms with Crippen LogP contribution < -0.4 is 5.32 Å². The molecule has 0 radical (unpaired) electrons. The molecule has 0 aliphatic heterocycles. The zero-order valence-corrected chi connectivity index (χ0v) is 10.3. The summed E-state index contributed by atoms with van der Waals surface area (Å²) in [5.74, 6) is -0.372. The van der Waals surface area contributed by atoms with Crippen molar-refractivity contribution in [3.05, 3.63) is 44.6 Å². The zero-order chi connectivity index (χ0) is 11.5. The molecule has 0 aliphatic rings. The summed E-state index contributed by atoms with van der Waals surface area (Å²) in [6.07, 6.45) is 1.65. The summed E-state index contributed by atoms with van der Waals surface area (Å²) < 4.78 is 13.8. The average molecular weight is 277 g/mol. The predicted molar refractivity (Wildman–Crippen MR) is 65.9 cm³/mol. The Bertz CT molecular complexity index is 481. The third-order valence-electron chi connectivity index (χ3n) is 1.93. The lowest BCUT2D eigenvalue weighted by atomic mass is 10.3. The van der Waals surface area contributed by atoms with E-state index in [9.17, 15) is 4.39 Å². The second kappa shape index (κ2) is 4.99. The van der Waals surface area contributed by atoms with E-state index in [1.165, 1.54) is 17.4 Å². The van der Waals surface area contributed by atoms with E-state index in [4.69, 9.17) is 23.2 Å². The highest BCUT2D eigenvalue weighted by Gasteiger charge is 2.07. The van der Waals surface area contributed by atoms with Crippen LogP contribution in [-0.2, 0) is 6.54 Å². The van der Waals surface area contributed by atoms with Crippen LogP contribution in [0.5, 0.6) is 0 Å². The van der Waals surface area contributed by atoms with Crippen molar-refractivity contribution in [2.24, 2.45) is 0 Å². The largest absolute Gasteiger partial charge is 0.377 e. The first kappa shape index (κ1) is 11.6. The number of nitrogens with one attached hydrogen (secondary N) is 1. The maximum atomic E-state index is 13.4. The molecule has 1 N–H and O–H groups in total. The molecule has 2 rings (SSSR count). The number of anilines is 1. The molecule has 1 heterocycles. The molecular weight excluding hydrogens is 270 g/mol. The normalized spacial score (nSPS) is 10.4. The molecule has 0 atom stereocenters. The molecule has 0 unspecified atom stereocenters. The van der Waals surface area contributed by atoms with Crippen LogP contribution in [0.4, 0.5) is 10.1 Å². The van der Waals surface area contributed by atoms with Crippen molar-refractivity contribution in [3.63, 3.8) is 0 Å². The van der Waals surface area contributed by atoms with Crippen LogP contribution >= 0.6 is 34.5 Å². The van der Waals surface area contributed by atoms with Crippen molar-refractivity contribution >= 4 is 40.2 Å². The molecule has 0 bridgehead atoms. The van der Waals surface area contributed by atoms with Gasteiger partial charge in [-0.1, -0.05) is 29.3 Å². The summed E-state index contributed by atoms with van der Waals surface area (Å²) in [6, 6.07) is 4.55. The van der Waals surface area contributed by atoms with Crippen LogP contribution in [0.3, 0.4) is 0 Å². The van der Waals surface area contributed by atoms with Crippen molar-refractivity contribution in [3.8, 4) is 0 Å². The summed E-state index contributed by atoms with van der Waals surface area (Å²) >= 11 is 12.9. The molecule has 0 aliphatic carbocycles. The highest BCUT2D eigenvalue weighted by molar-refractivity contribution is 7.15. The van der Waals surface area contributed by atoms with Gasteiger partial charge in [0.05, 0.1) is 17.3 Å². The first-order valence-corrected chi connectivity index (χ1v) is 6.02. The van der Waals surface area contributed by atoms with E-state index < -0.39 is 0 Å².